The first-order valence-corrected chi connectivity index (χ1v) is 8.09. The normalized spacial score (nSPS) is 10.8. The summed E-state index contributed by atoms with van der Waals surface area (Å²) < 4.78 is 16.5. The largest absolute Gasteiger partial charge is 0.394 e. The molecule has 2 aromatic heterocycles. The highest BCUT2D eigenvalue weighted by atomic mass is 79.9. The van der Waals surface area contributed by atoms with Crippen molar-refractivity contribution in [3.63, 3.8) is 0 Å². The smallest absolute Gasteiger partial charge is 0.277 e. The van der Waals surface area contributed by atoms with Crippen LogP contribution in [0.2, 0.25) is 0 Å². The van der Waals surface area contributed by atoms with Gasteiger partial charge in [0.25, 0.3) is 5.91 Å². The molecule has 0 aliphatic rings. The summed E-state index contributed by atoms with van der Waals surface area (Å²) in [5.41, 5.74) is 3.67. The minimum Gasteiger partial charge on any atom is -0.394 e. The molecule has 1 amide bonds. The summed E-state index contributed by atoms with van der Waals surface area (Å²) in [6.07, 6.45) is 4.79. The molecule has 0 atom stereocenters. The molecule has 0 bridgehead atoms. The minimum absolute atomic E-state index is 0.0369. The summed E-state index contributed by atoms with van der Waals surface area (Å²) in [7, 11) is 0. The number of hydroxylamine groups is 1. The van der Waals surface area contributed by atoms with E-state index in [4.69, 9.17) is 9.94 Å². The molecule has 0 unspecified atom stereocenters. The number of carbonyl (C=O) groups excluding carboxylic acids is 1. The standard InChI is InChI=1S/C16H14BrFN4O3/c17-10-1-2-13(12(18)7-10)20-15-11(16(24)21-25-6-5-23)3-4-22-9-19-8-14(15)22/h1-4,7-9,20,23H,5-6H2,(H,21,24). The lowest BCUT2D eigenvalue weighted by Gasteiger charge is -2.14. The summed E-state index contributed by atoms with van der Waals surface area (Å²) >= 11 is 3.21. The third kappa shape index (κ3) is 3.78. The van der Waals surface area contributed by atoms with Crippen molar-refractivity contribution in [3.8, 4) is 0 Å². The molecule has 0 radical (unpaired) electrons. The van der Waals surface area contributed by atoms with Gasteiger partial charge < -0.3 is 14.8 Å². The summed E-state index contributed by atoms with van der Waals surface area (Å²) in [5.74, 6) is -1.00. The van der Waals surface area contributed by atoms with E-state index in [2.05, 4.69) is 31.7 Å². The average molecular weight is 409 g/mol. The second kappa shape index (κ2) is 7.60. The van der Waals surface area contributed by atoms with Crippen molar-refractivity contribution >= 4 is 38.7 Å². The van der Waals surface area contributed by atoms with Crippen LogP contribution in [0.1, 0.15) is 10.4 Å². The number of pyridine rings is 1. The number of amides is 1. The lowest BCUT2D eigenvalue weighted by atomic mass is 10.1. The molecule has 0 spiro atoms. The van der Waals surface area contributed by atoms with Crippen molar-refractivity contribution in [2.45, 2.75) is 0 Å². The van der Waals surface area contributed by atoms with Crippen molar-refractivity contribution < 1.29 is 19.1 Å². The Bertz CT molecular complexity index is 916. The maximum absolute atomic E-state index is 14.2. The number of benzene rings is 1. The lowest BCUT2D eigenvalue weighted by Crippen LogP contribution is -2.26. The van der Waals surface area contributed by atoms with E-state index in [1.165, 1.54) is 6.07 Å². The zero-order chi connectivity index (χ0) is 17.8. The third-order valence-corrected chi connectivity index (χ3v) is 3.88. The molecule has 0 saturated heterocycles. The number of carbonyl (C=O) groups is 1. The van der Waals surface area contributed by atoms with Crippen molar-refractivity contribution in [2.75, 3.05) is 18.5 Å². The SMILES string of the molecule is O=C(NOCCO)c1ccn2cncc2c1Nc1ccc(Br)cc1F. The predicted octanol–water partition coefficient (Wildman–Crippen LogP) is 2.63. The Morgan fingerprint density at radius 3 is 3.00 bits per heavy atom. The van der Waals surface area contributed by atoms with Gasteiger partial charge in [-0.3, -0.25) is 9.63 Å². The van der Waals surface area contributed by atoms with Crippen LogP contribution >= 0.6 is 15.9 Å². The highest BCUT2D eigenvalue weighted by Gasteiger charge is 2.17. The monoisotopic (exact) mass is 408 g/mol. The number of hydrogen-bond donors (Lipinski definition) is 3. The van der Waals surface area contributed by atoms with Crippen molar-refractivity contribution in [2.24, 2.45) is 0 Å². The van der Waals surface area contributed by atoms with Gasteiger partial charge in [-0.25, -0.2) is 14.9 Å². The number of imidazole rings is 1. The van der Waals surface area contributed by atoms with E-state index in [-0.39, 0.29) is 24.5 Å². The lowest BCUT2D eigenvalue weighted by molar-refractivity contribution is 0.0169. The number of aliphatic hydroxyl groups is 1. The Labute approximate surface area is 150 Å². The number of aliphatic hydroxyl groups excluding tert-OH is 1. The molecular weight excluding hydrogens is 395 g/mol. The van der Waals surface area contributed by atoms with Gasteiger partial charge in [0.2, 0.25) is 0 Å². The van der Waals surface area contributed by atoms with Gasteiger partial charge >= 0.3 is 0 Å². The number of fused-ring (bicyclic) bond motifs is 1. The summed E-state index contributed by atoms with van der Waals surface area (Å²) in [5, 5.41) is 11.7. The second-order valence-electron chi connectivity index (χ2n) is 5.04. The first-order valence-electron chi connectivity index (χ1n) is 7.30. The molecule has 3 N–H and O–H groups in total. The molecular formula is C16H14BrFN4O3. The van der Waals surface area contributed by atoms with E-state index in [0.717, 1.165) is 0 Å². The number of nitrogens with zero attached hydrogens (tertiary/aromatic N) is 2. The van der Waals surface area contributed by atoms with Crippen LogP contribution in [0.3, 0.4) is 0 Å². The van der Waals surface area contributed by atoms with Crippen molar-refractivity contribution in [1.29, 1.82) is 0 Å². The number of anilines is 2. The quantitative estimate of drug-likeness (QED) is 0.431. The molecule has 0 saturated carbocycles. The van der Waals surface area contributed by atoms with E-state index < -0.39 is 11.7 Å². The maximum atomic E-state index is 14.2. The molecule has 0 aliphatic heterocycles. The number of halogens is 2. The fraction of sp³-hybridized carbons (Fsp3) is 0.125. The summed E-state index contributed by atoms with van der Waals surface area (Å²) in [6, 6.07) is 6.13. The van der Waals surface area contributed by atoms with Gasteiger partial charge in [-0.05, 0) is 24.3 Å². The Hall–Kier alpha value is -2.49. The van der Waals surface area contributed by atoms with Crippen LogP contribution in [0.4, 0.5) is 15.8 Å². The number of hydrogen-bond acceptors (Lipinski definition) is 5. The van der Waals surface area contributed by atoms with Crippen LogP contribution in [0.5, 0.6) is 0 Å². The Kier molecular flexibility index (Phi) is 5.27. The van der Waals surface area contributed by atoms with E-state index in [1.807, 2.05) is 0 Å². The fourth-order valence-electron chi connectivity index (χ4n) is 2.26. The molecule has 2 heterocycles. The van der Waals surface area contributed by atoms with E-state index in [9.17, 15) is 9.18 Å². The van der Waals surface area contributed by atoms with Gasteiger partial charge in [0.15, 0.2) is 0 Å². The van der Waals surface area contributed by atoms with Gasteiger partial charge in [-0.2, -0.15) is 0 Å². The van der Waals surface area contributed by atoms with Crippen molar-refractivity contribution in [3.05, 3.63) is 58.8 Å². The molecule has 0 fully saturated rings. The topological polar surface area (TPSA) is 87.9 Å². The van der Waals surface area contributed by atoms with E-state index in [0.29, 0.717) is 15.7 Å². The number of rotatable bonds is 6. The van der Waals surface area contributed by atoms with Crippen LogP contribution < -0.4 is 10.8 Å². The van der Waals surface area contributed by atoms with Crippen LogP contribution in [0.25, 0.3) is 5.52 Å². The average Bonchev–Trinajstić information content (AvgIpc) is 3.06. The molecule has 1 aromatic carbocycles. The van der Waals surface area contributed by atoms with Gasteiger partial charge in [-0.15, -0.1) is 0 Å². The highest BCUT2D eigenvalue weighted by molar-refractivity contribution is 9.10. The predicted molar refractivity (Wildman–Crippen MR) is 93.1 cm³/mol. The Morgan fingerprint density at radius 2 is 2.24 bits per heavy atom. The van der Waals surface area contributed by atoms with Gasteiger partial charge in [0.1, 0.15) is 5.82 Å². The molecule has 7 nitrogen and oxygen atoms in total. The van der Waals surface area contributed by atoms with Crippen LogP contribution in [-0.2, 0) is 4.84 Å². The van der Waals surface area contributed by atoms with E-state index >= 15 is 0 Å². The first kappa shape index (κ1) is 17.3. The first-order chi connectivity index (χ1) is 12.1. The Morgan fingerprint density at radius 1 is 1.40 bits per heavy atom. The fourth-order valence-corrected chi connectivity index (χ4v) is 2.59. The third-order valence-electron chi connectivity index (χ3n) is 3.39. The second-order valence-corrected chi connectivity index (χ2v) is 5.96. The van der Waals surface area contributed by atoms with Gasteiger partial charge in [-0.1, -0.05) is 15.9 Å². The highest BCUT2D eigenvalue weighted by Crippen LogP contribution is 2.29. The molecule has 130 valence electrons. The Balaban J connectivity index is 2.00. The zero-order valence-corrected chi connectivity index (χ0v) is 14.5. The maximum Gasteiger partial charge on any atom is 0.277 e. The molecule has 25 heavy (non-hydrogen) atoms. The zero-order valence-electron chi connectivity index (χ0n) is 12.9. The van der Waals surface area contributed by atoms with Gasteiger partial charge in [0, 0.05) is 10.7 Å². The van der Waals surface area contributed by atoms with E-state index in [1.54, 1.807) is 41.3 Å². The molecule has 3 aromatic rings. The number of aromatic nitrogens is 2. The molecule has 9 heteroatoms. The van der Waals surface area contributed by atoms with Gasteiger partial charge in [0.05, 0.1) is 48.2 Å². The molecule has 0 aliphatic carbocycles. The minimum atomic E-state index is -0.530. The van der Waals surface area contributed by atoms with Crippen LogP contribution in [0, 0.1) is 5.82 Å². The van der Waals surface area contributed by atoms with Crippen molar-refractivity contribution in [1.82, 2.24) is 14.9 Å². The summed E-state index contributed by atoms with van der Waals surface area (Å²) in [4.78, 5) is 21.2. The molecule has 3 rings (SSSR count). The van der Waals surface area contributed by atoms with Crippen LogP contribution in [0.15, 0.2) is 47.5 Å². The summed E-state index contributed by atoms with van der Waals surface area (Å²) in [6.45, 7) is -0.262. The van der Waals surface area contributed by atoms with Crippen LogP contribution in [-0.4, -0.2) is 33.6 Å². The number of nitrogens with one attached hydrogen (secondary N) is 2.